The zero-order valence-electron chi connectivity index (χ0n) is 10.1. The van der Waals surface area contributed by atoms with Crippen LogP contribution in [0.1, 0.15) is 10.7 Å². The van der Waals surface area contributed by atoms with E-state index < -0.39 is 0 Å². The van der Waals surface area contributed by atoms with Gasteiger partial charge < -0.3 is 10.0 Å². The summed E-state index contributed by atoms with van der Waals surface area (Å²) in [7, 11) is 3.50. The molecule has 1 aromatic heterocycles. The van der Waals surface area contributed by atoms with Crippen LogP contribution in [0.4, 0.5) is 0 Å². The van der Waals surface area contributed by atoms with Crippen molar-refractivity contribution in [3.63, 3.8) is 0 Å². The molecule has 0 aromatic carbocycles. The SMILES string of the molecule is CN(C)C(=O)Cc1nc(CN2CC(O)C2)cs1. The second-order valence-corrected chi connectivity index (χ2v) is 5.49. The minimum atomic E-state index is -0.177. The van der Waals surface area contributed by atoms with Gasteiger partial charge in [0.05, 0.1) is 18.2 Å². The number of β-amino-alcohol motifs (C(OH)–C–C–N with tert-alkyl or cyclic N) is 1. The van der Waals surface area contributed by atoms with E-state index in [1.807, 2.05) is 5.38 Å². The number of aliphatic hydroxyl groups is 1. The summed E-state index contributed by atoms with van der Waals surface area (Å²) in [4.78, 5) is 19.6. The Hall–Kier alpha value is -0.980. The van der Waals surface area contributed by atoms with Crippen LogP contribution in [0.15, 0.2) is 5.38 Å². The zero-order valence-corrected chi connectivity index (χ0v) is 10.9. The Morgan fingerprint density at radius 3 is 2.94 bits per heavy atom. The highest BCUT2D eigenvalue weighted by molar-refractivity contribution is 7.09. The molecule has 0 saturated carbocycles. The third-order valence-corrected chi connectivity index (χ3v) is 3.62. The van der Waals surface area contributed by atoms with Crippen LogP contribution in [0.3, 0.4) is 0 Å². The number of amides is 1. The first-order chi connectivity index (χ1) is 8.04. The summed E-state index contributed by atoms with van der Waals surface area (Å²) in [5, 5.41) is 12.0. The monoisotopic (exact) mass is 255 g/mol. The number of hydrogen-bond acceptors (Lipinski definition) is 5. The summed E-state index contributed by atoms with van der Waals surface area (Å²) in [6, 6.07) is 0. The molecular formula is C11H17N3O2S. The van der Waals surface area contributed by atoms with Crippen molar-refractivity contribution in [2.45, 2.75) is 19.1 Å². The molecule has 1 amide bonds. The van der Waals surface area contributed by atoms with Gasteiger partial charge >= 0.3 is 0 Å². The van der Waals surface area contributed by atoms with Crippen molar-refractivity contribution in [2.75, 3.05) is 27.2 Å². The van der Waals surface area contributed by atoms with Gasteiger partial charge in [0.25, 0.3) is 0 Å². The number of thiazole rings is 1. The maximum atomic E-state index is 11.5. The van der Waals surface area contributed by atoms with E-state index in [4.69, 9.17) is 0 Å². The maximum absolute atomic E-state index is 11.5. The number of carbonyl (C=O) groups is 1. The fourth-order valence-corrected chi connectivity index (χ4v) is 2.47. The number of carbonyl (C=O) groups excluding carboxylic acids is 1. The quantitative estimate of drug-likeness (QED) is 0.819. The van der Waals surface area contributed by atoms with E-state index in [-0.39, 0.29) is 12.0 Å². The molecule has 0 atom stereocenters. The number of hydrogen-bond donors (Lipinski definition) is 1. The van der Waals surface area contributed by atoms with Gasteiger partial charge in [-0.25, -0.2) is 4.98 Å². The van der Waals surface area contributed by atoms with Gasteiger partial charge in [0.15, 0.2) is 0 Å². The summed E-state index contributed by atoms with van der Waals surface area (Å²) >= 11 is 1.52. The van der Waals surface area contributed by atoms with E-state index in [1.54, 1.807) is 19.0 Å². The smallest absolute Gasteiger partial charge is 0.228 e. The highest BCUT2D eigenvalue weighted by atomic mass is 32.1. The van der Waals surface area contributed by atoms with Crippen LogP contribution in [0.2, 0.25) is 0 Å². The first-order valence-electron chi connectivity index (χ1n) is 5.58. The minimum absolute atomic E-state index is 0.0743. The molecule has 1 aliphatic heterocycles. The van der Waals surface area contributed by atoms with Gasteiger partial charge in [-0.3, -0.25) is 9.69 Å². The molecule has 1 fully saturated rings. The topological polar surface area (TPSA) is 56.7 Å². The molecule has 0 radical (unpaired) electrons. The molecule has 0 bridgehead atoms. The third kappa shape index (κ3) is 3.24. The van der Waals surface area contributed by atoms with Crippen LogP contribution in [0.25, 0.3) is 0 Å². The van der Waals surface area contributed by atoms with E-state index in [0.29, 0.717) is 6.42 Å². The predicted octanol–water partition coefficient (Wildman–Crippen LogP) is -0.0497. The van der Waals surface area contributed by atoms with Crippen molar-refractivity contribution in [3.8, 4) is 0 Å². The summed E-state index contributed by atoms with van der Waals surface area (Å²) in [6.45, 7) is 2.22. The lowest BCUT2D eigenvalue weighted by Crippen LogP contribution is -2.49. The van der Waals surface area contributed by atoms with Crippen molar-refractivity contribution >= 4 is 17.2 Å². The lowest BCUT2D eigenvalue weighted by molar-refractivity contribution is -0.127. The molecule has 0 unspecified atom stereocenters. The molecule has 6 heteroatoms. The van der Waals surface area contributed by atoms with Gasteiger partial charge in [-0.1, -0.05) is 0 Å². The number of likely N-dealkylation sites (N-methyl/N-ethyl adjacent to an activating group) is 1. The maximum Gasteiger partial charge on any atom is 0.228 e. The molecule has 1 N–H and O–H groups in total. The molecule has 2 heterocycles. The standard InChI is InChI=1S/C11H17N3O2S/c1-13(2)11(16)3-10-12-8(7-17-10)4-14-5-9(15)6-14/h7,9,15H,3-6H2,1-2H3. The highest BCUT2D eigenvalue weighted by Gasteiger charge is 2.24. The van der Waals surface area contributed by atoms with Gasteiger partial charge in [-0.15, -0.1) is 11.3 Å². The van der Waals surface area contributed by atoms with Crippen molar-refractivity contribution in [1.82, 2.24) is 14.8 Å². The van der Waals surface area contributed by atoms with Crippen LogP contribution >= 0.6 is 11.3 Å². The van der Waals surface area contributed by atoms with Gasteiger partial charge in [0.1, 0.15) is 5.01 Å². The van der Waals surface area contributed by atoms with Crippen molar-refractivity contribution < 1.29 is 9.90 Å². The number of likely N-dealkylation sites (tertiary alicyclic amines) is 1. The van der Waals surface area contributed by atoms with Crippen LogP contribution in [0.5, 0.6) is 0 Å². The summed E-state index contributed by atoms with van der Waals surface area (Å²) in [6.07, 6.45) is 0.198. The van der Waals surface area contributed by atoms with Crippen LogP contribution in [-0.2, 0) is 17.8 Å². The molecule has 94 valence electrons. The predicted molar refractivity (Wildman–Crippen MR) is 65.8 cm³/mol. The molecule has 0 spiro atoms. The second-order valence-electron chi connectivity index (χ2n) is 4.55. The molecule has 1 aromatic rings. The van der Waals surface area contributed by atoms with Gasteiger partial charge in [0.2, 0.25) is 5.91 Å². The minimum Gasteiger partial charge on any atom is -0.390 e. The molecule has 5 nitrogen and oxygen atoms in total. The Morgan fingerprint density at radius 1 is 1.65 bits per heavy atom. The molecule has 1 saturated heterocycles. The van der Waals surface area contributed by atoms with Crippen molar-refractivity contribution in [3.05, 3.63) is 16.1 Å². The second kappa shape index (κ2) is 5.12. The molecular weight excluding hydrogens is 238 g/mol. The Morgan fingerprint density at radius 2 is 2.35 bits per heavy atom. The molecule has 0 aliphatic carbocycles. The van der Waals surface area contributed by atoms with Crippen molar-refractivity contribution in [2.24, 2.45) is 0 Å². The summed E-state index contributed by atoms with van der Waals surface area (Å²) in [5.41, 5.74) is 0.989. The van der Waals surface area contributed by atoms with E-state index in [0.717, 1.165) is 30.3 Å². The first kappa shape index (κ1) is 12.5. The van der Waals surface area contributed by atoms with E-state index in [2.05, 4.69) is 9.88 Å². The fourth-order valence-electron chi connectivity index (χ4n) is 1.69. The van der Waals surface area contributed by atoms with Crippen LogP contribution < -0.4 is 0 Å². The Balaban J connectivity index is 1.85. The molecule has 1 aliphatic rings. The Bertz CT molecular complexity index is 399. The number of rotatable bonds is 4. The van der Waals surface area contributed by atoms with Gasteiger partial charge in [-0.05, 0) is 0 Å². The van der Waals surface area contributed by atoms with E-state index in [1.165, 1.54) is 11.3 Å². The lowest BCUT2D eigenvalue weighted by atomic mass is 10.1. The number of aliphatic hydroxyl groups excluding tert-OH is 1. The molecule has 2 rings (SSSR count). The highest BCUT2D eigenvalue weighted by Crippen LogP contribution is 2.16. The molecule has 17 heavy (non-hydrogen) atoms. The Labute approximate surface area is 105 Å². The van der Waals surface area contributed by atoms with Crippen molar-refractivity contribution in [1.29, 1.82) is 0 Å². The summed E-state index contributed by atoms with van der Waals surface area (Å²) in [5.74, 6) is 0.0743. The number of aromatic nitrogens is 1. The first-order valence-corrected chi connectivity index (χ1v) is 6.46. The third-order valence-electron chi connectivity index (χ3n) is 2.72. The fraction of sp³-hybridized carbons (Fsp3) is 0.636. The van der Waals surface area contributed by atoms with E-state index >= 15 is 0 Å². The van der Waals surface area contributed by atoms with Crippen LogP contribution in [0, 0.1) is 0 Å². The average molecular weight is 255 g/mol. The van der Waals surface area contributed by atoms with Gasteiger partial charge in [-0.2, -0.15) is 0 Å². The average Bonchev–Trinajstić information content (AvgIpc) is 2.63. The van der Waals surface area contributed by atoms with Gasteiger partial charge in [0, 0.05) is 39.1 Å². The normalized spacial score (nSPS) is 16.9. The summed E-state index contributed by atoms with van der Waals surface area (Å²) < 4.78 is 0. The lowest BCUT2D eigenvalue weighted by Gasteiger charge is -2.35. The zero-order chi connectivity index (χ0) is 12.4. The number of nitrogens with zero attached hydrogens (tertiary/aromatic N) is 3. The van der Waals surface area contributed by atoms with E-state index in [9.17, 15) is 9.90 Å². The van der Waals surface area contributed by atoms with Crippen LogP contribution in [-0.4, -0.2) is 59.1 Å². The Kier molecular flexibility index (Phi) is 3.76. The largest absolute Gasteiger partial charge is 0.390 e.